The van der Waals surface area contributed by atoms with E-state index in [1.807, 2.05) is 66.9 Å². The number of carboxylic acids is 1. The molecule has 3 aromatic rings. The van der Waals surface area contributed by atoms with Gasteiger partial charge in [-0.15, -0.1) is 0 Å². The van der Waals surface area contributed by atoms with Crippen LogP contribution in [0.1, 0.15) is 25.7 Å². The summed E-state index contributed by atoms with van der Waals surface area (Å²) in [7, 11) is 0. The monoisotopic (exact) mass is 388 g/mol. The lowest BCUT2D eigenvalue weighted by atomic mass is 10.0. The summed E-state index contributed by atoms with van der Waals surface area (Å²) in [6, 6.07) is 20.5. The number of benzene rings is 2. The lowest BCUT2D eigenvalue weighted by Crippen LogP contribution is -2.04. The molecule has 2 unspecified atom stereocenters. The predicted molar refractivity (Wildman–Crippen MR) is 111 cm³/mol. The Balaban J connectivity index is 1.41. The molecule has 5 nitrogen and oxygen atoms in total. The molecule has 0 bridgehead atoms. The summed E-state index contributed by atoms with van der Waals surface area (Å²) in [5.41, 5.74) is 3.91. The molecular formula is C24H24N2O3. The van der Waals surface area contributed by atoms with Gasteiger partial charge in [0.15, 0.2) is 0 Å². The molecule has 1 aliphatic rings. The zero-order valence-corrected chi connectivity index (χ0v) is 16.2. The highest BCUT2D eigenvalue weighted by molar-refractivity contribution is 5.80. The average molecular weight is 388 g/mol. The second-order valence-electron chi connectivity index (χ2n) is 7.43. The number of nitrogens with zero attached hydrogens (tertiary/aromatic N) is 2. The van der Waals surface area contributed by atoms with E-state index in [4.69, 9.17) is 9.84 Å². The molecule has 1 fully saturated rings. The molecule has 5 heteroatoms. The van der Waals surface area contributed by atoms with Gasteiger partial charge in [0.1, 0.15) is 0 Å². The van der Waals surface area contributed by atoms with Gasteiger partial charge < -0.3 is 9.84 Å². The van der Waals surface area contributed by atoms with Crippen LogP contribution in [0.3, 0.4) is 0 Å². The molecule has 2 aromatic carbocycles. The van der Waals surface area contributed by atoms with Gasteiger partial charge in [-0.25, -0.2) is 4.98 Å². The van der Waals surface area contributed by atoms with Crippen molar-refractivity contribution in [3.63, 3.8) is 0 Å². The number of carboxylic acid groups (broad SMARTS) is 1. The Morgan fingerprint density at radius 1 is 1.00 bits per heavy atom. The minimum absolute atomic E-state index is 0.127. The summed E-state index contributed by atoms with van der Waals surface area (Å²) in [4.78, 5) is 20.0. The van der Waals surface area contributed by atoms with Crippen molar-refractivity contribution in [2.75, 3.05) is 6.61 Å². The topological polar surface area (TPSA) is 72.3 Å². The molecule has 1 aromatic heterocycles. The van der Waals surface area contributed by atoms with Gasteiger partial charge in [0.25, 0.3) is 0 Å². The fourth-order valence-electron chi connectivity index (χ4n) is 3.62. The van der Waals surface area contributed by atoms with Crippen molar-refractivity contribution < 1.29 is 14.6 Å². The van der Waals surface area contributed by atoms with E-state index < -0.39 is 5.97 Å². The van der Waals surface area contributed by atoms with Crippen LogP contribution in [0.2, 0.25) is 0 Å². The fourth-order valence-corrected chi connectivity index (χ4v) is 3.62. The number of ether oxygens (including phenoxy) is 1. The largest absolute Gasteiger partial charge is 0.481 e. The molecule has 29 heavy (non-hydrogen) atoms. The van der Waals surface area contributed by atoms with Gasteiger partial charge in [-0.05, 0) is 37.2 Å². The van der Waals surface area contributed by atoms with Gasteiger partial charge in [-0.2, -0.15) is 4.98 Å². The molecule has 1 heterocycles. The van der Waals surface area contributed by atoms with Crippen LogP contribution < -0.4 is 4.74 Å². The van der Waals surface area contributed by atoms with Gasteiger partial charge in [0.05, 0.1) is 18.2 Å². The fraction of sp³-hybridized carbons (Fsp3) is 0.292. The van der Waals surface area contributed by atoms with Crippen molar-refractivity contribution in [1.82, 2.24) is 9.97 Å². The number of carbonyl (C=O) groups is 1. The van der Waals surface area contributed by atoms with E-state index in [1.165, 1.54) is 0 Å². The predicted octanol–water partition coefficient (Wildman–Crippen LogP) is 5.08. The molecule has 1 N–H and O–H groups in total. The minimum Gasteiger partial charge on any atom is -0.481 e. The highest BCUT2D eigenvalue weighted by Gasteiger charge is 2.42. The maximum Gasteiger partial charge on any atom is 0.316 e. The van der Waals surface area contributed by atoms with Gasteiger partial charge in [-0.3, -0.25) is 4.79 Å². The lowest BCUT2D eigenvalue weighted by molar-refractivity contribution is -0.138. The quantitative estimate of drug-likeness (QED) is 0.518. The molecule has 4 rings (SSSR count). The van der Waals surface area contributed by atoms with Gasteiger partial charge in [0, 0.05) is 17.3 Å². The van der Waals surface area contributed by atoms with Crippen molar-refractivity contribution in [1.29, 1.82) is 0 Å². The lowest BCUT2D eigenvalue weighted by Gasteiger charge is -2.11. The zero-order chi connectivity index (χ0) is 20.1. The molecule has 0 aliphatic heterocycles. The van der Waals surface area contributed by atoms with Crippen molar-refractivity contribution in [2.45, 2.75) is 25.7 Å². The van der Waals surface area contributed by atoms with E-state index in [2.05, 4.69) is 9.97 Å². The molecule has 1 aliphatic carbocycles. The second-order valence-corrected chi connectivity index (χ2v) is 7.43. The Labute approximate surface area is 170 Å². The van der Waals surface area contributed by atoms with Gasteiger partial charge >= 0.3 is 12.0 Å². The van der Waals surface area contributed by atoms with E-state index in [9.17, 15) is 4.79 Å². The standard InChI is InChI=1S/C24H24N2O3/c27-23(28)20-15-19(20)13-7-8-14-29-24-25-16-21(17-9-3-1-4-10-17)22(26-24)18-11-5-2-6-12-18/h1-6,9-12,16,19-20H,7-8,13-15H2,(H,27,28). The normalized spacial score (nSPS) is 17.7. The summed E-state index contributed by atoms with van der Waals surface area (Å²) in [5.74, 6) is -0.441. The molecule has 0 saturated heterocycles. The first-order chi connectivity index (χ1) is 14.2. The third kappa shape index (κ3) is 4.80. The number of aliphatic carboxylic acids is 1. The number of unbranched alkanes of at least 4 members (excludes halogenated alkanes) is 1. The molecule has 0 spiro atoms. The van der Waals surface area contributed by atoms with E-state index in [0.717, 1.165) is 48.1 Å². The first kappa shape index (κ1) is 19.1. The highest BCUT2D eigenvalue weighted by Crippen LogP contribution is 2.42. The number of hydrogen-bond acceptors (Lipinski definition) is 4. The van der Waals surface area contributed by atoms with Crippen LogP contribution in [0, 0.1) is 11.8 Å². The number of hydrogen-bond donors (Lipinski definition) is 1. The average Bonchev–Trinajstić information content (AvgIpc) is 3.55. The minimum atomic E-state index is -0.661. The van der Waals surface area contributed by atoms with Crippen LogP contribution in [-0.2, 0) is 4.79 Å². The van der Waals surface area contributed by atoms with E-state index in [1.54, 1.807) is 0 Å². The van der Waals surface area contributed by atoms with E-state index in [-0.39, 0.29) is 5.92 Å². The van der Waals surface area contributed by atoms with Gasteiger partial charge in [-0.1, -0.05) is 60.7 Å². The van der Waals surface area contributed by atoms with Crippen LogP contribution in [0.15, 0.2) is 66.9 Å². The molecule has 2 atom stereocenters. The second kappa shape index (κ2) is 8.86. The third-order valence-corrected chi connectivity index (χ3v) is 5.34. The number of aromatic nitrogens is 2. The Kier molecular flexibility index (Phi) is 5.84. The Morgan fingerprint density at radius 3 is 2.34 bits per heavy atom. The van der Waals surface area contributed by atoms with Crippen LogP contribution >= 0.6 is 0 Å². The Hall–Kier alpha value is -3.21. The number of rotatable bonds is 9. The summed E-state index contributed by atoms with van der Waals surface area (Å²) in [5, 5.41) is 8.96. The SMILES string of the molecule is O=C(O)C1CC1CCCCOc1ncc(-c2ccccc2)c(-c2ccccc2)n1. The van der Waals surface area contributed by atoms with Crippen molar-refractivity contribution in [2.24, 2.45) is 11.8 Å². The molecule has 148 valence electrons. The smallest absolute Gasteiger partial charge is 0.316 e. The summed E-state index contributed by atoms with van der Waals surface area (Å²) in [6.45, 7) is 0.531. The molecular weight excluding hydrogens is 364 g/mol. The van der Waals surface area contributed by atoms with Crippen LogP contribution in [0.25, 0.3) is 22.4 Å². The summed E-state index contributed by atoms with van der Waals surface area (Å²) >= 11 is 0. The van der Waals surface area contributed by atoms with Crippen molar-refractivity contribution in [3.05, 3.63) is 66.9 Å². The maximum atomic E-state index is 10.9. The van der Waals surface area contributed by atoms with E-state index >= 15 is 0 Å². The van der Waals surface area contributed by atoms with Crippen LogP contribution in [0.5, 0.6) is 6.01 Å². The van der Waals surface area contributed by atoms with Crippen LogP contribution in [-0.4, -0.2) is 27.7 Å². The molecule has 0 amide bonds. The Bertz CT molecular complexity index is 960. The highest BCUT2D eigenvalue weighted by atomic mass is 16.5. The molecule has 1 saturated carbocycles. The van der Waals surface area contributed by atoms with Crippen LogP contribution in [0.4, 0.5) is 0 Å². The summed E-state index contributed by atoms with van der Waals surface area (Å²) < 4.78 is 5.80. The third-order valence-electron chi connectivity index (χ3n) is 5.34. The first-order valence-electron chi connectivity index (χ1n) is 10.1. The van der Waals surface area contributed by atoms with E-state index in [0.29, 0.717) is 18.5 Å². The maximum absolute atomic E-state index is 10.9. The summed E-state index contributed by atoms with van der Waals surface area (Å²) in [6.07, 6.45) is 5.42. The zero-order valence-electron chi connectivity index (χ0n) is 16.2. The Morgan fingerprint density at radius 2 is 1.69 bits per heavy atom. The van der Waals surface area contributed by atoms with Gasteiger partial charge in [0.2, 0.25) is 0 Å². The molecule has 0 radical (unpaired) electrons. The van der Waals surface area contributed by atoms with Crippen molar-refractivity contribution in [3.8, 4) is 28.4 Å². The first-order valence-corrected chi connectivity index (χ1v) is 10.1. The van der Waals surface area contributed by atoms with Crippen molar-refractivity contribution >= 4 is 5.97 Å².